The van der Waals surface area contributed by atoms with Gasteiger partial charge in [0.1, 0.15) is 0 Å². The van der Waals surface area contributed by atoms with Crippen LogP contribution >= 0.6 is 0 Å². The minimum absolute atomic E-state index is 0.0158. The molecule has 2 aliphatic rings. The van der Waals surface area contributed by atoms with Crippen LogP contribution in [-0.4, -0.2) is 34.8 Å². The highest BCUT2D eigenvalue weighted by atomic mass is 16.2. The predicted molar refractivity (Wildman–Crippen MR) is 69.9 cm³/mol. The molecule has 1 saturated carbocycles. The third-order valence-corrected chi connectivity index (χ3v) is 4.35. The molecule has 1 aliphatic carbocycles. The second-order valence-electron chi connectivity index (χ2n) is 5.90. The topological polar surface area (TPSA) is 49.4 Å². The lowest BCUT2D eigenvalue weighted by Crippen LogP contribution is -2.45. The van der Waals surface area contributed by atoms with Gasteiger partial charge < -0.3 is 5.32 Å². The maximum atomic E-state index is 12.2. The zero-order chi connectivity index (χ0) is 13.3. The summed E-state index contributed by atoms with van der Waals surface area (Å²) >= 11 is 0. The first kappa shape index (κ1) is 13.5. The quantitative estimate of drug-likeness (QED) is 0.775. The molecule has 1 heterocycles. The first-order valence-electron chi connectivity index (χ1n) is 7.14. The number of carbonyl (C=O) groups is 2. The summed E-state index contributed by atoms with van der Waals surface area (Å²) < 4.78 is 0. The molecular formula is C14H24N2O2. The van der Waals surface area contributed by atoms with E-state index in [0.717, 1.165) is 25.2 Å². The van der Waals surface area contributed by atoms with Crippen LogP contribution in [-0.2, 0) is 9.59 Å². The maximum Gasteiger partial charge on any atom is 0.247 e. The monoisotopic (exact) mass is 252 g/mol. The number of amides is 2. The van der Waals surface area contributed by atoms with E-state index in [2.05, 4.69) is 12.2 Å². The molecule has 18 heavy (non-hydrogen) atoms. The number of rotatable bonds is 4. The van der Waals surface area contributed by atoms with Gasteiger partial charge in [0, 0.05) is 12.1 Å². The summed E-state index contributed by atoms with van der Waals surface area (Å²) in [6.07, 6.45) is 4.64. The van der Waals surface area contributed by atoms with Gasteiger partial charge in [-0.3, -0.25) is 14.5 Å². The van der Waals surface area contributed by atoms with Crippen molar-refractivity contribution in [2.24, 2.45) is 5.92 Å². The van der Waals surface area contributed by atoms with Crippen LogP contribution in [0.25, 0.3) is 0 Å². The first-order valence-corrected chi connectivity index (χ1v) is 7.14. The fraction of sp³-hybridized carbons (Fsp3) is 0.857. The third-order valence-electron chi connectivity index (χ3n) is 4.35. The number of hydrogen-bond donors (Lipinski definition) is 1. The standard InChI is InChI=1S/C14H24N2O2/c1-4-10(3)16-13(17)8-12(14(16)18)15-11-6-5-9(2)7-11/h9-12,15H,4-8H2,1-3H3. The van der Waals surface area contributed by atoms with E-state index in [1.54, 1.807) is 0 Å². The Morgan fingerprint density at radius 1 is 1.39 bits per heavy atom. The zero-order valence-corrected chi connectivity index (χ0v) is 11.6. The molecule has 102 valence electrons. The molecule has 2 fully saturated rings. The third kappa shape index (κ3) is 2.58. The van der Waals surface area contributed by atoms with E-state index in [1.165, 1.54) is 11.3 Å². The maximum absolute atomic E-state index is 12.2. The van der Waals surface area contributed by atoms with Gasteiger partial charge in [-0.25, -0.2) is 0 Å². The van der Waals surface area contributed by atoms with Crippen LogP contribution in [0.5, 0.6) is 0 Å². The van der Waals surface area contributed by atoms with Crippen LogP contribution in [0.15, 0.2) is 0 Å². The van der Waals surface area contributed by atoms with Gasteiger partial charge in [-0.05, 0) is 38.5 Å². The predicted octanol–water partition coefficient (Wildman–Crippen LogP) is 1.69. The Morgan fingerprint density at radius 3 is 2.67 bits per heavy atom. The molecule has 0 spiro atoms. The Labute approximate surface area is 109 Å². The molecule has 1 aliphatic heterocycles. The number of nitrogens with zero attached hydrogens (tertiary/aromatic N) is 1. The summed E-state index contributed by atoms with van der Waals surface area (Å²) in [5.41, 5.74) is 0. The van der Waals surface area contributed by atoms with Crippen molar-refractivity contribution < 1.29 is 9.59 Å². The number of nitrogens with one attached hydrogen (secondary N) is 1. The number of hydrogen-bond acceptors (Lipinski definition) is 3. The first-order chi connectivity index (χ1) is 8.52. The Hall–Kier alpha value is -0.900. The van der Waals surface area contributed by atoms with Crippen molar-refractivity contribution >= 4 is 11.8 Å². The molecule has 0 aromatic rings. The van der Waals surface area contributed by atoms with E-state index in [1.807, 2.05) is 13.8 Å². The van der Waals surface area contributed by atoms with Crippen molar-refractivity contribution in [3.63, 3.8) is 0 Å². The van der Waals surface area contributed by atoms with Crippen molar-refractivity contribution in [3.8, 4) is 0 Å². The Balaban J connectivity index is 1.95. The second kappa shape index (κ2) is 5.39. The molecule has 0 bridgehead atoms. The Bertz CT molecular complexity index is 343. The number of imide groups is 1. The fourth-order valence-electron chi connectivity index (χ4n) is 3.07. The van der Waals surface area contributed by atoms with Gasteiger partial charge >= 0.3 is 0 Å². The fourth-order valence-corrected chi connectivity index (χ4v) is 3.07. The van der Waals surface area contributed by atoms with Gasteiger partial charge in [0.25, 0.3) is 0 Å². The van der Waals surface area contributed by atoms with E-state index >= 15 is 0 Å². The molecule has 2 amide bonds. The molecule has 4 atom stereocenters. The van der Waals surface area contributed by atoms with Crippen molar-refractivity contribution in [2.45, 2.75) is 71.0 Å². The van der Waals surface area contributed by atoms with Crippen LogP contribution in [0.1, 0.15) is 52.9 Å². The van der Waals surface area contributed by atoms with Gasteiger partial charge in [0.15, 0.2) is 0 Å². The van der Waals surface area contributed by atoms with Gasteiger partial charge in [-0.1, -0.05) is 13.8 Å². The molecule has 4 nitrogen and oxygen atoms in total. The summed E-state index contributed by atoms with van der Waals surface area (Å²) in [5.74, 6) is 0.701. The highest BCUT2D eigenvalue weighted by molar-refractivity contribution is 6.05. The SMILES string of the molecule is CCC(C)N1C(=O)CC(NC2CCC(C)C2)C1=O. The highest BCUT2D eigenvalue weighted by Gasteiger charge is 2.41. The molecule has 4 heteroatoms. The van der Waals surface area contributed by atoms with Crippen molar-refractivity contribution in [2.75, 3.05) is 0 Å². The largest absolute Gasteiger partial charge is 0.303 e. The molecular weight excluding hydrogens is 228 g/mol. The Kier molecular flexibility index (Phi) is 4.05. The normalized spacial score (nSPS) is 34.4. The van der Waals surface area contributed by atoms with E-state index in [4.69, 9.17) is 0 Å². The summed E-state index contributed by atoms with van der Waals surface area (Å²) in [7, 11) is 0. The Morgan fingerprint density at radius 2 is 2.11 bits per heavy atom. The lowest BCUT2D eigenvalue weighted by molar-refractivity contribution is -0.141. The average molecular weight is 252 g/mol. The molecule has 0 aromatic heterocycles. The van der Waals surface area contributed by atoms with E-state index in [0.29, 0.717) is 12.5 Å². The summed E-state index contributed by atoms with van der Waals surface area (Å²) in [4.78, 5) is 25.6. The molecule has 1 N–H and O–H groups in total. The molecule has 4 unspecified atom stereocenters. The average Bonchev–Trinajstić information content (AvgIpc) is 2.84. The van der Waals surface area contributed by atoms with Gasteiger partial charge in [-0.2, -0.15) is 0 Å². The zero-order valence-electron chi connectivity index (χ0n) is 11.6. The van der Waals surface area contributed by atoms with E-state index in [-0.39, 0.29) is 23.9 Å². The summed E-state index contributed by atoms with van der Waals surface area (Å²) in [6, 6.07) is 0.166. The molecule has 0 aromatic carbocycles. The molecule has 1 saturated heterocycles. The van der Waals surface area contributed by atoms with Gasteiger partial charge in [0.2, 0.25) is 11.8 Å². The van der Waals surface area contributed by atoms with Crippen LogP contribution in [0.2, 0.25) is 0 Å². The van der Waals surface area contributed by atoms with E-state index in [9.17, 15) is 9.59 Å². The number of carbonyl (C=O) groups excluding carboxylic acids is 2. The van der Waals surface area contributed by atoms with Crippen molar-refractivity contribution in [3.05, 3.63) is 0 Å². The minimum atomic E-state index is -0.276. The molecule has 0 radical (unpaired) electrons. The second-order valence-corrected chi connectivity index (χ2v) is 5.90. The van der Waals surface area contributed by atoms with Crippen LogP contribution in [0, 0.1) is 5.92 Å². The van der Waals surface area contributed by atoms with E-state index < -0.39 is 0 Å². The lowest BCUT2D eigenvalue weighted by atomic mass is 10.1. The summed E-state index contributed by atoms with van der Waals surface area (Å²) in [6.45, 7) is 6.19. The molecule has 2 rings (SSSR count). The number of likely N-dealkylation sites (tertiary alicyclic amines) is 1. The van der Waals surface area contributed by atoms with Gasteiger partial charge in [0.05, 0.1) is 12.5 Å². The summed E-state index contributed by atoms with van der Waals surface area (Å²) in [5, 5.41) is 3.39. The highest BCUT2D eigenvalue weighted by Crippen LogP contribution is 2.27. The lowest BCUT2D eigenvalue weighted by Gasteiger charge is -2.22. The van der Waals surface area contributed by atoms with Crippen molar-refractivity contribution in [1.82, 2.24) is 10.2 Å². The van der Waals surface area contributed by atoms with Crippen LogP contribution in [0.4, 0.5) is 0 Å². The minimum Gasteiger partial charge on any atom is -0.303 e. The van der Waals surface area contributed by atoms with Crippen LogP contribution < -0.4 is 5.32 Å². The van der Waals surface area contributed by atoms with Crippen LogP contribution in [0.3, 0.4) is 0 Å². The van der Waals surface area contributed by atoms with Crippen molar-refractivity contribution in [1.29, 1.82) is 0 Å². The smallest absolute Gasteiger partial charge is 0.247 e. The van der Waals surface area contributed by atoms with Gasteiger partial charge in [-0.15, -0.1) is 0 Å².